The fraction of sp³-hybridized carbons (Fsp3) is 0.158. The smallest absolute Gasteiger partial charge is 0.240 e. The van der Waals surface area contributed by atoms with E-state index in [4.69, 9.17) is 23.2 Å². The van der Waals surface area contributed by atoms with E-state index >= 15 is 0 Å². The van der Waals surface area contributed by atoms with Crippen molar-refractivity contribution in [3.05, 3.63) is 63.9 Å². The zero-order chi connectivity index (χ0) is 21.0. The molecule has 1 heterocycles. The first-order valence-electron chi connectivity index (χ1n) is 8.43. The fourth-order valence-electron chi connectivity index (χ4n) is 2.43. The minimum atomic E-state index is -0.645. The van der Waals surface area contributed by atoms with Crippen molar-refractivity contribution in [1.82, 2.24) is 5.32 Å². The normalized spacial score (nSPS) is 18.1. The maximum atomic E-state index is 13.0. The van der Waals surface area contributed by atoms with Crippen LogP contribution in [0.3, 0.4) is 0 Å². The number of thioether (sulfide) groups is 1. The molecular weight excluding hydrogens is 438 g/mol. The molecule has 0 aliphatic carbocycles. The Kier molecular flexibility index (Phi) is 6.89. The third kappa shape index (κ3) is 5.56. The third-order valence-electron chi connectivity index (χ3n) is 3.93. The molecule has 0 spiro atoms. The van der Waals surface area contributed by atoms with E-state index in [9.17, 15) is 14.0 Å². The van der Waals surface area contributed by atoms with Gasteiger partial charge in [0, 0.05) is 6.42 Å². The lowest BCUT2D eigenvalue weighted by Crippen LogP contribution is -2.28. The van der Waals surface area contributed by atoms with Crippen LogP contribution in [0.4, 0.5) is 10.1 Å². The molecule has 10 heteroatoms. The van der Waals surface area contributed by atoms with Crippen molar-refractivity contribution in [2.24, 2.45) is 10.2 Å². The Morgan fingerprint density at radius 2 is 1.97 bits per heavy atom. The SMILES string of the molecule is C/C(=N/N=C1\NC(=O)C(CC(=O)Nc2cccc(Cl)c2Cl)S1)c1ccc(F)cc1. The predicted molar refractivity (Wildman–Crippen MR) is 115 cm³/mol. The first-order valence-corrected chi connectivity index (χ1v) is 10.1. The van der Waals surface area contributed by atoms with Crippen molar-refractivity contribution >= 4 is 63.3 Å². The maximum Gasteiger partial charge on any atom is 0.240 e. The molecule has 1 fully saturated rings. The van der Waals surface area contributed by atoms with Crippen molar-refractivity contribution in [2.75, 3.05) is 5.32 Å². The first kappa shape index (κ1) is 21.3. The number of hydrogen-bond donors (Lipinski definition) is 2. The maximum absolute atomic E-state index is 13.0. The molecule has 1 aliphatic rings. The number of benzene rings is 2. The van der Waals surface area contributed by atoms with Crippen molar-refractivity contribution in [2.45, 2.75) is 18.6 Å². The Labute approximate surface area is 180 Å². The summed E-state index contributed by atoms with van der Waals surface area (Å²) in [7, 11) is 0. The van der Waals surface area contributed by atoms with Crippen LogP contribution in [0.15, 0.2) is 52.7 Å². The highest BCUT2D eigenvalue weighted by Gasteiger charge is 2.32. The first-order chi connectivity index (χ1) is 13.8. The molecular formula is C19H15Cl2FN4O2S. The van der Waals surface area contributed by atoms with Gasteiger partial charge in [-0.1, -0.05) is 53.2 Å². The van der Waals surface area contributed by atoms with Gasteiger partial charge in [-0.05, 0) is 36.8 Å². The zero-order valence-electron chi connectivity index (χ0n) is 15.1. The number of anilines is 1. The number of nitrogens with one attached hydrogen (secondary N) is 2. The third-order valence-corrected chi connectivity index (χ3v) is 5.82. The Morgan fingerprint density at radius 1 is 1.24 bits per heavy atom. The second-order valence-corrected chi connectivity index (χ2v) is 8.02. The molecule has 2 aromatic rings. The fourth-order valence-corrected chi connectivity index (χ4v) is 3.69. The summed E-state index contributed by atoms with van der Waals surface area (Å²) in [6.45, 7) is 1.72. The van der Waals surface area contributed by atoms with Gasteiger partial charge in [0.05, 0.1) is 21.4 Å². The molecule has 6 nitrogen and oxygen atoms in total. The average molecular weight is 453 g/mol. The Hall–Kier alpha value is -2.42. The van der Waals surface area contributed by atoms with Crippen molar-refractivity contribution in [3.63, 3.8) is 0 Å². The molecule has 0 aromatic heterocycles. The average Bonchev–Trinajstić information content (AvgIpc) is 3.03. The topological polar surface area (TPSA) is 82.9 Å². The summed E-state index contributed by atoms with van der Waals surface area (Å²) < 4.78 is 13.0. The van der Waals surface area contributed by atoms with Crippen LogP contribution in [0, 0.1) is 5.82 Å². The number of amidine groups is 1. The highest BCUT2D eigenvalue weighted by molar-refractivity contribution is 8.15. The number of rotatable bonds is 5. The largest absolute Gasteiger partial charge is 0.325 e. The molecule has 1 aliphatic heterocycles. The second-order valence-electron chi connectivity index (χ2n) is 6.05. The number of amides is 2. The monoisotopic (exact) mass is 452 g/mol. The minimum absolute atomic E-state index is 0.0704. The molecule has 3 rings (SSSR count). The Morgan fingerprint density at radius 3 is 2.69 bits per heavy atom. The standard InChI is InChI=1S/C19H15Cl2FN4O2S/c1-10(11-5-7-12(22)8-6-11)25-26-19-24-18(28)15(29-19)9-16(27)23-14-4-2-3-13(20)17(14)21/h2-8,15H,9H2,1H3,(H,23,27)(H,24,26,28)/b25-10-. The van der Waals surface area contributed by atoms with E-state index in [-0.39, 0.29) is 34.2 Å². The summed E-state index contributed by atoms with van der Waals surface area (Å²) >= 11 is 13.1. The zero-order valence-corrected chi connectivity index (χ0v) is 17.4. The van der Waals surface area contributed by atoms with Crippen LogP contribution >= 0.6 is 35.0 Å². The highest BCUT2D eigenvalue weighted by atomic mass is 35.5. The van der Waals surface area contributed by atoms with Crippen LogP contribution in [0.1, 0.15) is 18.9 Å². The quantitative estimate of drug-likeness (QED) is 0.518. The van der Waals surface area contributed by atoms with E-state index in [2.05, 4.69) is 20.8 Å². The van der Waals surface area contributed by atoms with Crippen molar-refractivity contribution in [3.8, 4) is 0 Å². The molecule has 2 amide bonds. The van der Waals surface area contributed by atoms with Gasteiger partial charge in [0.2, 0.25) is 11.8 Å². The van der Waals surface area contributed by atoms with E-state index in [0.29, 0.717) is 22.0 Å². The van der Waals surface area contributed by atoms with Crippen LogP contribution in [-0.4, -0.2) is 27.9 Å². The lowest BCUT2D eigenvalue weighted by molar-refractivity contribution is -0.122. The van der Waals surface area contributed by atoms with Crippen LogP contribution in [-0.2, 0) is 9.59 Å². The number of hydrogen-bond acceptors (Lipinski definition) is 5. The molecule has 150 valence electrons. The van der Waals surface area contributed by atoms with Crippen molar-refractivity contribution < 1.29 is 14.0 Å². The van der Waals surface area contributed by atoms with Crippen LogP contribution in [0.5, 0.6) is 0 Å². The number of carbonyl (C=O) groups is 2. The van der Waals surface area contributed by atoms with Gasteiger partial charge in [0.25, 0.3) is 0 Å². The van der Waals surface area contributed by atoms with Crippen molar-refractivity contribution in [1.29, 1.82) is 0 Å². The van der Waals surface area contributed by atoms with Crippen LogP contribution < -0.4 is 10.6 Å². The van der Waals surface area contributed by atoms with Gasteiger partial charge in [-0.25, -0.2) is 4.39 Å². The molecule has 1 atom stereocenters. The van der Waals surface area contributed by atoms with Gasteiger partial charge in [-0.15, -0.1) is 5.10 Å². The lowest BCUT2D eigenvalue weighted by atomic mass is 10.1. The molecule has 0 radical (unpaired) electrons. The number of nitrogens with zero attached hydrogens (tertiary/aromatic N) is 2. The summed E-state index contributed by atoms with van der Waals surface area (Å²) in [5.74, 6) is -1.06. The van der Waals surface area contributed by atoms with E-state index in [1.807, 2.05) is 0 Å². The van der Waals surface area contributed by atoms with Gasteiger partial charge in [-0.2, -0.15) is 5.10 Å². The Balaban J connectivity index is 1.61. The van der Waals surface area contributed by atoms with E-state index in [1.54, 1.807) is 37.3 Å². The summed E-state index contributed by atoms with van der Waals surface area (Å²) in [5.41, 5.74) is 1.64. The molecule has 2 N–H and O–H groups in total. The van der Waals surface area contributed by atoms with Gasteiger partial charge in [-0.3, -0.25) is 9.59 Å². The summed E-state index contributed by atoms with van der Waals surface area (Å²) in [5, 5.41) is 13.5. The second kappa shape index (κ2) is 9.39. The molecule has 1 unspecified atom stereocenters. The molecule has 1 saturated heterocycles. The summed E-state index contributed by atoms with van der Waals surface area (Å²) in [6, 6.07) is 10.7. The van der Waals surface area contributed by atoms with E-state index in [1.165, 1.54) is 12.1 Å². The van der Waals surface area contributed by atoms with Crippen LogP contribution in [0.25, 0.3) is 0 Å². The molecule has 0 saturated carbocycles. The predicted octanol–water partition coefficient (Wildman–Crippen LogP) is 4.47. The highest BCUT2D eigenvalue weighted by Crippen LogP contribution is 2.30. The van der Waals surface area contributed by atoms with E-state index < -0.39 is 5.25 Å². The summed E-state index contributed by atoms with van der Waals surface area (Å²) in [6.07, 6.45) is -0.0704. The Bertz CT molecular complexity index is 1010. The van der Waals surface area contributed by atoms with Crippen LogP contribution in [0.2, 0.25) is 10.0 Å². The van der Waals surface area contributed by atoms with E-state index in [0.717, 1.165) is 11.8 Å². The van der Waals surface area contributed by atoms with Gasteiger partial charge >= 0.3 is 0 Å². The summed E-state index contributed by atoms with van der Waals surface area (Å²) in [4.78, 5) is 24.4. The van der Waals surface area contributed by atoms with Gasteiger partial charge in [0.15, 0.2) is 5.17 Å². The molecule has 29 heavy (non-hydrogen) atoms. The van der Waals surface area contributed by atoms with Gasteiger partial charge < -0.3 is 10.6 Å². The minimum Gasteiger partial charge on any atom is -0.325 e. The number of halogens is 3. The molecule has 2 aromatic carbocycles. The lowest BCUT2D eigenvalue weighted by Gasteiger charge is -2.09. The number of carbonyl (C=O) groups excluding carboxylic acids is 2. The molecule has 0 bridgehead atoms. The van der Waals surface area contributed by atoms with Gasteiger partial charge in [0.1, 0.15) is 11.1 Å².